The van der Waals surface area contributed by atoms with Crippen LogP contribution in [0.15, 0.2) is 24.3 Å². The summed E-state index contributed by atoms with van der Waals surface area (Å²) < 4.78 is 0. The van der Waals surface area contributed by atoms with Gasteiger partial charge in [0.1, 0.15) is 0 Å². The third kappa shape index (κ3) is 4.24. The summed E-state index contributed by atoms with van der Waals surface area (Å²) in [7, 11) is 0. The highest BCUT2D eigenvalue weighted by atomic mass is 35.5. The van der Waals surface area contributed by atoms with Gasteiger partial charge in [0.2, 0.25) is 11.8 Å². The zero-order chi connectivity index (χ0) is 17.0. The zero-order valence-electron chi connectivity index (χ0n) is 13.5. The minimum absolute atomic E-state index is 0.0866. The van der Waals surface area contributed by atoms with Crippen LogP contribution >= 0.6 is 11.6 Å². The Morgan fingerprint density at radius 1 is 1.52 bits per heavy atom. The normalized spacial score (nSPS) is 20.4. The Balaban J connectivity index is 2.03. The third-order valence-electron chi connectivity index (χ3n) is 4.47. The van der Waals surface area contributed by atoms with E-state index in [-0.39, 0.29) is 36.8 Å². The molecule has 0 aromatic heterocycles. The summed E-state index contributed by atoms with van der Waals surface area (Å²) in [6.45, 7) is 4.24. The molecule has 0 aliphatic carbocycles. The number of carbonyl (C=O) groups is 2. The summed E-state index contributed by atoms with van der Waals surface area (Å²) in [5.41, 5.74) is 0.707. The van der Waals surface area contributed by atoms with Gasteiger partial charge in [-0.05, 0) is 24.1 Å². The van der Waals surface area contributed by atoms with E-state index in [0.717, 1.165) is 6.42 Å². The van der Waals surface area contributed by atoms with Crippen LogP contribution < -0.4 is 10.2 Å². The topological polar surface area (TPSA) is 69.6 Å². The molecule has 1 aliphatic heterocycles. The van der Waals surface area contributed by atoms with E-state index in [1.807, 2.05) is 13.8 Å². The number of amides is 2. The molecule has 1 unspecified atom stereocenters. The number of benzene rings is 1. The van der Waals surface area contributed by atoms with Gasteiger partial charge in [-0.2, -0.15) is 0 Å². The average molecular weight is 339 g/mol. The Kier molecular flexibility index (Phi) is 6.02. The lowest BCUT2D eigenvalue weighted by molar-refractivity contribution is -0.127. The summed E-state index contributed by atoms with van der Waals surface area (Å²) in [5.74, 6) is -0.483. The fraction of sp³-hybridized carbons (Fsp3) is 0.529. The molecule has 1 saturated heterocycles. The highest BCUT2D eigenvalue weighted by Crippen LogP contribution is 2.27. The predicted molar refractivity (Wildman–Crippen MR) is 90.4 cm³/mol. The molecule has 1 aromatic carbocycles. The van der Waals surface area contributed by atoms with Crippen LogP contribution in [-0.4, -0.2) is 36.1 Å². The van der Waals surface area contributed by atoms with Gasteiger partial charge in [0.15, 0.2) is 0 Å². The van der Waals surface area contributed by atoms with Crippen molar-refractivity contribution in [2.75, 3.05) is 18.1 Å². The predicted octanol–water partition coefficient (Wildman–Crippen LogP) is 2.22. The number of hydrogen-bond donors (Lipinski definition) is 2. The van der Waals surface area contributed by atoms with E-state index in [4.69, 9.17) is 11.6 Å². The van der Waals surface area contributed by atoms with Crippen LogP contribution in [0.25, 0.3) is 0 Å². The maximum absolute atomic E-state index is 12.4. The second-order valence-corrected chi connectivity index (χ2v) is 6.50. The van der Waals surface area contributed by atoms with Gasteiger partial charge in [-0.3, -0.25) is 9.59 Å². The maximum atomic E-state index is 12.4. The van der Waals surface area contributed by atoms with Gasteiger partial charge in [-0.15, -0.1) is 0 Å². The van der Waals surface area contributed by atoms with Gasteiger partial charge < -0.3 is 15.3 Å². The van der Waals surface area contributed by atoms with Crippen molar-refractivity contribution in [1.29, 1.82) is 0 Å². The van der Waals surface area contributed by atoms with E-state index in [1.54, 1.807) is 29.2 Å². The van der Waals surface area contributed by atoms with E-state index in [9.17, 15) is 14.7 Å². The summed E-state index contributed by atoms with van der Waals surface area (Å²) in [6, 6.07) is 6.77. The Morgan fingerprint density at radius 2 is 2.26 bits per heavy atom. The van der Waals surface area contributed by atoms with Gasteiger partial charge in [0, 0.05) is 23.7 Å². The van der Waals surface area contributed by atoms with Crippen LogP contribution in [-0.2, 0) is 9.59 Å². The molecule has 2 N–H and O–H groups in total. The van der Waals surface area contributed by atoms with Crippen LogP contribution in [0.3, 0.4) is 0 Å². The number of aliphatic hydroxyl groups excluding tert-OH is 1. The van der Waals surface area contributed by atoms with Crippen molar-refractivity contribution in [2.24, 2.45) is 11.8 Å². The Bertz CT molecular complexity index is 579. The maximum Gasteiger partial charge on any atom is 0.227 e. The third-order valence-corrected chi connectivity index (χ3v) is 4.71. The molecule has 1 aliphatic rings. The van der Waals surface area contributed by atoms with E-state index in [2.05, 4.69) is 5.32 Å². The summed E-state index contributed by atoms with van der Waals surface area (Å²) in [4.78, 5) is 26.2. The Labute approximate surface area is 141 Å². The molecule has 5 nitrogen and oxygen atoms in total. The molecule has 3 atom stereocenters. The monoisotopic (exact) mass is 338 g/mol. The zero-order valence-corrected chi connectivity index (χ0v) is 14.2. The molecule has 0 radical (unpaired) electrons. The first kappa shape index (κ1) is 17.8. The minimum atomic E-state index is -0.403. The lowest BCUT2D eigenvalue weighted by atomic mass is 9.98. The number of anilines is 1. The molecule has 0 saturated carbocycles. The number of hydrogen-bond acceptors (Lipinski definition) is 3. The first-order valence-corrected chi connectivity index (χ1v) is 8.31. The van der Waals surface area contributed by atoms with E-state index in [1.165, 1.54) is 0 Å². The van der Waals surface area contributed by atoms with Crippen molar-refractivity contribution in [2.45, 2.75) is 32.7 Å². The van der Waals surface area contributed by atoms with Crippen molar-refractivity contribution < 1.29 is 14.7 Å². The second kappa shape index (κ2) is 7.79. The second-order valence-electron chi connectivity index (χ2n) is 6.07. The smallest absolute Gasteiger partial charge is 0.227 e. The van der Waals surface area contributed by atoms with Gasteiger partial charge in [0.05, 0.1) is 18.6 Å². The van der Waals surface area contributed by atoms with Crippen molar-refractivity contribution in [1.82, 2.24) is 5.32 Å². The van der Waals surface area contributed by atoms with Crippen molar-refractivity contribution in [3.63, 3.8) is 0 Å². The molecular formula is C17H23ClN2O3. The molecule has 23 heavy (non-hydrogen) atoms. The fourth-order valence-electron chi connectivity index (χ4n) is 2.73. The molecule has 1 aromatic rings. The number of nitrogens with one attached hydrogen (secondary N) is 1. The van der Waals surface area contributed by atoms with Crippen LogP contribution in [0.4, 0.5) is 5.69 Å². The number of aliphatic hydroxyl groups is 1. The molecule has 6 heteroatoms. The lowest BCUT2D eigenvalue weighted by Gasteiger charge is -2.24. The van der Waals surface area contributed by atoms with Gasteiger partial charge in [-0.1, -0.05) is 37.9 Å². The van der Waals surface area contributed by atoms with Gasteiger partial charge >= 0.3 is 0 Å². The molecule has 0 spiro atoms. The molecule has 1 heterocycles. The van der Waals surface area contributed by atoms with Gasteiger partial charge in [-0.25, -0.2) is 0 Å². The molecular weight excluding hydrogens is 316 g/mol. The first-order valence-electron chi connectivity index (χ1n) is 7.93. The molecule has 2 rings (SSSR count). The summed E-state index contributed by atoms with van der Waals surface area (Å²) in [5, 5.41) is 12.9. The van der Waals surface area contributed by atoms with Crippen molar-refractivity contribution in [3.05, 3.63) is 29.3 Å². The van der Waals surface area contributed by atoms with Crippen molar-refractivity contribution in [3.8, 4) is 0 Å². The molecule has 2 amide bonds. The molecule has 1 fully saturated rings. The number of nitrogens with zero attached hydrogens (tertiary/aromatic N) is 1. The largest absolute Gasteiger partial charge is 0.394 e. The van der Waals surface area contributed by atoms with E-state index >= 15 is 0 Å². The van der Waals surface area contributed by atoms with Crippen LogP contribution in [0.2, 0.25) is 5.02 Å². The minimum Gasteiger partial charge on any atom is -0.394 e. The number of halogens is 1. The standard InChI is InChI=1S/C17H23ClN2O3/c1-3-11(2)15(10-21)19-17(23)12-7-16(22)20(9-12)14-6-4-5-13(18)8-14/h4-6,8,11-12,15,21H,3,7,9-10H2,1-2H3,(H,19,23)/t11-,12?,15-/m1/s1. The van der Waals surface area contributed by atoms with Crippen LogP contribution in [0.5, 0.6) is 0 Å². The number of rotatable bonds is 6. The quantitative estimate of drug-likeness (QED) is 0.835. The number of carbonyl (C=O) groups excluding carboxylic acids is 2. The molecule has 126 valence electrons. The average Bonchev–Trinajstić information content (AvgIpc) is 2.93. The lowest BCUT2D eigenvalue weighted by Crippen LogP contribution is -2.45. The fourth-order valence-corrected chi connectivity index (χ4v) is 2.91. The SMILES string of the molecule is CC[C@@H](C)[C@@H](CO)NC(=O)C1CC(=O)N(c2cccc(Cl)c2)C1. The van der Waals surface area contributed by atoms with E-state index in [0.29, 0.717) is 17.3 Å². The first-order chi connectivity index (χ1) is 11.0. The van der Waals surface area contributed by atoms with Gasteiger partial charge in [0.25, 0.3) is 0 Å². The summed E-state index contributed by atoms with van der Waals surface area (Å²) in [6.07, 6.45) is 1.04. The Hall–Kier alpha value is -1.59. The van der Waals surface area contributed by atoms with E-state index < -0.39 is 5.92 Å². The molecule has 0 bridgehead atoms. The Morgan fingerprint density at radius 3 is 2.87 bits per heavy atom. The van der Waals surface area contributed by atoms with Crippen LogP contribution in [0.1, 0.15) is 26.7 Å². The summed E-state index contributed by atoms with van der Waals surface area (Å²) >= 11 is 5.96. The highest BCUT2D eigenvalue weighted by Gasteiger charge is 2.36. The van der Waals surface area contributed by atoms with Crippen molar-refractivity contribution >= 4 is 29.1 Å². The highest BCUT2D eigenvalue weighted by molar-refractivity contribution is 6.30. The van der Waals surface area contributed by atoms with Crippen LogP contribution in [0, 0.1) is 11.8 Å².